The van der Waals surface area contributed by atoms with E-state index in [4.69, 9.17) is 4.42 Å². The molecule has 0 radical (unpaired) electrons. The zero-order valence-electron chi connectivity index (χ0n) is 12.4. The van der Waals surface area contributed by atoms with Crippen LogP contribution in [0.15, 0.2) is 45.6 Å². The van der Waals surface area contributed by atoms with E-state index in [1.807, 2.05) is 24.4 Å². The summed E-state index contributed by atoms with van der Waals surface area (Å²) in [6, 6.07) is 7.24. The highest BCUT2D eigenvalue weighted by molar-refractivity contribution is 7.07. The summed E-state index contributed by atoms with van der Waals surface area (Å²) in [5.41, 5.74) is 3.99. The van der Waals surface area contributed by atoms with Crippen LogP contribution < -0.4 is 5.32 Å². The molecular weight excluding hydrogens is 312 g/mol. The minimum atomic E-state index is -0.211. The van der Waals surface area contributed by atoms with E-state index in [-0.39, 0.29) is 5.91 Å². The number of rotatable bonds is 5. The molecule has 7 heteroatoms. The molecule has 1 amide bonds. The lowest BCUT2D eigenvalue weighted by Gasteiger charge is -2.02. The minimum absolute atomic E-state index is 0.211. The predicted molar refractivity (Wildman–Crippen MR) is 88.9 cm³/mol. The summed E-state index contributed by atoms with van der Waals surface area (Å²) in [6.45, 7) is 1.95. The molecule has 0 aliphatic rings. The van der Waals surface area contributed by atoms with E-state index in [0.717, 1.165) is 11.3 Å². The zero-order chi connectivity index (χ0) is 16.1. The third kappa shape index (κ3) is 3.89. The number of carbonyl (C=O) groups is 1. The lowest BCUT2D eigenvalue weighted by atomic mass is 10.2. The summed E-state index contributed by atoms with van der Waals surface area (Å²) in [6.07, 6.45) is 3.83. The first kappa shape index (κ1) is 15.1. The van der Waals surface area contributed by atoms with Gasteiger partial charge in [0.2, 0.25) is 17.7 Å². The number of thiazole rings is 1. The molecule has 0 spiro atoms. The lowest BCUT2D eigenvalue weighted by Crippen LogP contribution is -2.07. The number of aryl methyl sites for hydroxylation is 1. The smallest absolute Gasteiger partial charge is 0.248 e. The van der Waals surface area contributed by atoms with Gasteiger partial charge in [0.25, 0.3) is 0 Å². The Bertz CT molecular complexity index is 807. The van der Waals surface area contributed by atoms with Crippen LogP contribution >= 0.6 is 11.3 Å². The maximum absolute atomic E-state index is 11.8. The van der Waals surface area contributed by atoms with Crippen LogP contribution in [0.25, 0.3) is 17.5 Å². The molecule has 6 nitrogen and oxygen atoms in total. The first-order valence-corrected chi connectivity index (χ1v) is 7.99. The highest BCUT2D eigenvalue weighted by Crippen LogP contribution is 2.20. The molecule has 116 valence electrons. The number of anilines is 1. The molecule has 2 heterocycles. The normalized spacial score (nSPS) is 11.0. The molecule has 0 fully saturated rings. The molecule has 2 aromatic heterocycles. The van der Waals surface area contributed by atoms with E-state index < -0.39 is 0 Å². The summed E-state index contributed by atoms with van der Waals surface area (Å²) in [5, 5.41) is 12.6. The van der Waals surface area contributed by atoms with Crippen molar-refractivity contribution in [3.8, 4) is 11.5 Å². The molecule has 0 atom stereocenters. The number of benzene rings is 1. The molecule has 0 unspecified atom stereocenters. The van der Waals surface area contributed by atoms with Crippen LogP contribution in [0.3, 0.4) is 0 Å². The Balaban J connectivity index is 1.64. The van der Waals surface area contributed by atoms with Crippen molar-refractivity contribution in [2.75, 3.05) is 5.32 Å². The van der Waals surface area contributed by atoms with Crippen molar-refractivity contribution >= 4 is 29.0 Å². The van der Waals surface area contributed by atoms with Crippen LogP contribution in [0.1, 0.15) is 18.5 Å². The second kappa shape index (κ2) is 6.97. The number of aromatic nitrogens is 3. The fraction of sp³-hybridized carbons (Fsp3) is 0.125. The Morgan fingerprint density at radius 1 is 1.30 bits per heavy atom. The Hall–Kier alpha value is -2.80. The van der Waals surface area contributed by atoms with Crippen LogP contribution in [0, 0.1) is 0 Å². The van der Waals surface area contributed by atoms with Gasteiger partial charge in [-0.3, -0.25) is 4.79 Å². The molecule has 0 saturated heterocycles. The van der Waals surface area contributed by atoms with Crippen molar-refractivity contribution in [2.24, 2.45) is 0 Å². The van der Waals surface area contributed by atoms with Crippen molar-refractivity contribution in [1.29, 1.82) is 0 Å². The van der Waals surface area contributed by atoms with Gasteiger partial charge >= 0.3 is 0 Å². The molecule has 1 aromatic carbocycles. The van der Waals surface area contributed by atoms with Gasteiger partial charge in [-0.2, -0.15) is 0 Å². The number of nitrogens with one attached hydrogen (secondary N) is 1. The van der Waals surface area contributed by atoms with Gasteiger partial charge in [0.15, 0.2) is 0 Å². The Kier molecular flexibility index (Phi) is 4.58. The highest BCUT2D eigenvalue weighted by Gasteiger charge is 2.07. The first-order chi connectivity index (χ1) is 11.2. The zero-order valence-corrected chi connectivity index (χ0v) is 13.2. The Morgan fingerprint density at radius 2 is 2.13 bits per heavy atom. The summed E-state index contributed by atoms with van der Waals surface area (Å²) in [4.78, 5) is 15.9. The second-order valence-electron chi connectivity index (χ2n) is 4.67. The van der Waals surface area contributed by atoms with E-state index in [1.54, 1.807) is 23.7 Å². The molecule has 0 bridgehead atoms. The standard InChI is InChI=1S/C16H14N4O2S/c1-2-15-19-20-16(22-15)11-3-5-12(6-4-11)18-14(21)8-7-13-9-23-10-17-13/h3-10H,2H2,1H3,(H,18,21). The van der Waals surface area contributed by atoms with Crippen molar-refractivity contribution in [3.63, 3.8) is 0 Å². The van der Waals surface area contributed by atoms with Crippen LogP contribution in [0.5, 0.6) is 0 Å². The van der Waals surface area contributed by atoms with Crippen molar-refractivity contribution in [2.45, 2.75) is 13.3 Å². The Morgan fingerprint density at radius 3 is 2.78 bits per heavy atom. The molecule has 3 aromatic rings. The van der Waals surface area contributed by atoms with Crippen LogP contribution in [0.2, 0.25) is 0 Å². The van der Waals surface area contributed by atoms with E-state index in [0.29, 0.717) is 23.9 Å². The monoisotopic (exact) mass is 326 g/mol. The molecule has 0 aliphatic carbocycles. The average molecular weight is 326 g/mol. The number of carbonyl (C=O) groups excluding carboxylic acids is 1. The summed E-state index contributed by atoms with van der Waals surface area (Å²) < 4.78 is 5.49. The largest absolute Gasteiger partial charge is 0.421 e. The average Bonchev–Trinajstić information content (AvgIpc) is 3.25. The highest BCUT2D eigenvalue weighted by atomic mass is 32.1. The van der Waals surface area contributed by atoms with E-state index in [2.05, 4.69) is 20.5 Å². The van der Waals surface area contributed by atoms with Gasteiger partial charge < -0.3 is 9.73 Å². The van der Waals surface area contributed by atoms with Crippen LogP contribution in [-0.2, 0) is 11.2 Å². The Labute approximate surface area is 136 Å². The number of nitrogens with zero attached hydrogens (tertiary/aromatic N) is 3. The van der Waals surface area contributed by atoms with Gasteiger partial charge in [-0.25, -0.2) is 4.98 Å². The molecule has 0 aliphatic heterocycles. The van der Waals surface area contributed by atoms with Gasteiger partial charge in [-0.05, 0) is 30.3 Å². The van der Waals surface area contributed by atoms with Gasteiger partial charge in [0.05, 0.1) is 11.2 Å². The van der Waals surface area contributed by atoms with Crippen LogP contribution in [-0.4, -0.2) is 21.1 Å². The van der Waals surface area contributed by atoms with E-state index >= 15 is 0 Å². The van der Waals surface area contributed by atoms with Gasteiger partial charge in [0, 0.05) is 29.1 Å². The third-order valence-corrected chi connectivity index (χ3v) is 3.63. The SMILES string of the molecule is CCc1nnc(-c2ccc(NC(=O)C=Cc3cscn3)cc2)o1. The van der Waals surface area contributed by atoms with Crippen LogP contribution in [0.4, 0.5) is 5.69 Å². The minimum Gasteiger partial charge on any atom is -0.421 e. The summed E-state index contributed by atoms with van der Waals surface area (Å²) in [5.74, 6) is 0.865. The fourth-order valence-electron chi connectivity index (χ4n) is 1.86. The molecule has 0 saturated carbocycles. The van der Waals surface area contributed by atoms with Crippen molar-refractivity contribution < 1.29 is 9.21 Å². The number of hydrogen-bond donors (Lipinski definition) is 1. The quantitative estimate of drug-likeness (QED) is 0.727. The second-order valence-corrected chi connectivity index (χ2v) is 5.39. The van der Waals surface area contributed by atoms with Gasteiger partial charge in [0.1, 0.15) is 0 Å². The maximum Gasteiger partial charge on any atom is 0.248 e. The maximum atomic E-state index is 11.8. The molecular formula is C16H14N4O2S. The van der Waals surface area contributed by atoms with E-state index in [9.17, 15) is 4.79 Å². The number of amides is 1. The van der Waals surface area contributed by atoms with Gasteiger partial charge in [-0.15, -0.1) is 21.5 Å². The predicted octanol–water partition coefficient (Wildman–Crippen LogP) is 3.41. The third-order valence-electron chi connectivity index (χ3n) is 3.03. The first-order valence-electron chi connectivity index (χ1n) is 7.04. The molecule has 23 heavy (non-hydrogen) atoms. The molecule has 3 rings (SSSR count). The van der Waals surface area contributed by atoms with E-state index in [1.165, 1.54) is 17.4 Å². The summed E-state index contributed by atoms with van der Waals surface area (Å²) in [7, 11) is 0. The molecule has 1 N–H and O–H groups in total. The van der Waals surface area contributed by atoms with Gasteiger partial charge in [-0.1, -0.05) is 6.92 Å². The lowest BCUT2D eigenvalue weighted by molar-refractivity contribution is -0.111. The van der Waals surface area contributed by atoms with Crippen molar-refractivity contribution in [1.82, 2.24) is 15.2 Å². The summed E-state index contributed by atoms with van der Waals surface area (Å²) >= 11 is 1.48. The topological polar surface area (TPSA) is 80.9 Å². The fourth-order valence-corrected chi connectivity index (χ4v) is 2.38. The number of hydrogen-bond acceptors (Lipinski definition) is 6. The van der Waals surface area contributed by atoms with Crippen molar-refractivity contribution in [3.05, 3.63) is 52.8 Å².